The quantitative estimate of drug-likeness (QED) is 0.816. The summed E-state index contributed by atoms with van der Waals surface area (Å²) < 4.78 is 5.60. The smallest absolute Gasteiger partial charge is 0.337 e. The molecule has 3 rings (SSSR count). The molecule has 0 radical (unpaired) electrons. The van der Waals surface area contributed by atoms with Crippen LogP contribution in [0.2, 0.25) is 0 Å². The lowest BCUT2D eigenvalue weighted by molar-refractivity contribution is -0.169. The van der Waals surface area contributed by atoms with Crippen LogP contribution in [-0.2, 0) is 14.3 Å². The summed E-state index contributed by atoms with van der Waals surface area (Å²) in [6.45, 7) is 1.50. The van der Waals surface area contributed by atoms with Gasteiger partial charge in [-0.3, -0.25) is 9.69 Å². The zero-order chi connectivity index (χ0) is 13.6. The van der Waals surface area contributed by atoms with E-state index in [1.807, 2.05) is 30.3 Å². The van der Waals surface area contributed by atoms with E-state index < -0.39 is 17.7 Å². The topological polar surface area (TPSA) is 66.8 Å². The monoisotopic (exact) mass is 259 g/mol. The molecule has 19 heavy (non-hydrogen) atoms. The van der Waals surface area contributed by atoms with Crippen molar-refractivity contribution in [1.29, 1.82) is 0 Å². The molecule has 2 aliphatic heterocycles. The summed E-state index contributed by atoms with van der Waals surface area (Å²) in [7, 11) is 0. The number of hydrogen-bond acceptors (Lipinski definition) is 3. The Morgan fingerprint density at radius 2 is 2.16 bits per heavy atom. The second kappa shape index (κ2) is 3.85. The van der Waals surface area contributed by atoms with Crippen molar-refractivity contribution in [3.05, 3.63) is 41.7 Å². The van der Waals surface area contributed by atoms with Gasteiger partial charge in [-0.05, 0) is 18.6 Å². The van der Waals surface area contributed by atoms with Crippen molar-refractivity contribution in [3.63, 3.8) is 0 Å². The number of amides is 1. The molecular weight excluding hydrogens is 246 g/mol. The van der Waals surface area contributed by atoms with Crippen LogP contribution in [0.4, 0.5) is 0 Å². The SMILES string of the molecule is CC1(C(=O)O)/C(=C/c2ccccc2)OC2CC(=O)N21. The lowest BCUT2D eigenvalue weighted by Gasteiger charge is -2.38. The number of hydrogen-bond donors (Lipinski definition) is 1. The van der Waals surface area contributed by atoms with Crippen molar-refractivity contribution in [2.24, 2.45) is 0 Å². The minimum absolute atomic E-state index is 0.189. The Hall–Kier alpha value is -2.30. The van der Waals surface area contributed by atoms with E-state index in [4.69, 9.17) is 4.74 Å². The molecule has 2 unspecified atom stereocenters. The van der Waals surface area contributed by atoms with Crippen molar-refractivity contribution in [3.8, 4) is 0 Å². The third-order valence-electron chi connectivity index (χ3n) is 3.64. The maximum atomic E-state index is 11.6. The lowest BCUT2D eigenvalue weighted by Crippen LogP contribution is -2.61. The van der Waals surface area contributed by atoms with Crippen LogP contribution in [0.1, 0.15) is 18.9 Å². The fourth-order valence-corrected chi connectivity index (χ4v) is 2.48. The third kappa shape index (κ3) is 1.54. The first-order chi connectivity index (χ1) is 9.03. The van der Waals surface area contributed by atoms with E-state index in [1.54, 1.807) is 6.08 Å². The average Bonchev–Trinajstić information content (AvgIpc) is 2.59. The molecule has 1 amide bonds. The summed E-state index contributed by atoms with van der Waals surface area (Å²) in [5.41, 5.74) is -0.560. The minimum atomic E-state index is -1.41. The van der Waals surface area contributed by atoms with Crippen LogP contribution in [0.25, 0.3) is 6.08 Å². The zero-order valence-electron chi connectivity index (χ0n) is 10.4. The van der Waals surface area contributed by atoms with E-state index in [1.165, 1.54) is 11.8 Å². The first-order valence-corrected chi connectivity index (χ1v) is 6.03. The van der Waals surface area contributed by atoms with E-state index in [2.05, 4.69) is 0 Å². The highest BCUT2D eigenvalue weighted by molar-refractivity contribution is 5.95. The van der Waals surface area contributed by atoms with Gasteiger partial charge in [-0.25, -0.2) is 4.79 Å². The molecule has 1 aromatic rings. The fraction of sp³-hybridized carbons (Fsp3) is 0.286. The van der Waals surface area contributed by atoms with Crippen LogP contribution in [0.3, 0.4) is 0 Å². The molecule has 2 fully saturated rings. The standard InChI is InChI=1S/C14H13NO4/c1-14(13(17)18)10(7-9-5-3-2-4-6-9)19-12-8-11(16)15(12)14/h2-7,12H,8H2,1H3,(H,17,18)/b10-7-. The Morgan fingerprint density at radius 3 is 2.74 bits per heavy atom. The van der Waals surface area contributed by atoms with Gasteiger partial charge in [-0.1, -0.05) is 30.3 Å². The number of fused-ring (bicyclic) bond motifs is 1. The number of rotatable bonds is 2. The summed E-state index contributed by atoms with van der Waals surface area (Å²) in [6.07, 6.45) is 1.48. The molecule has 0 saturated carbocycles. The van der Waals surface area contributed by atoms with Crippen LogP contribution in [0.5, 0.6) is 0 Å². The maximum absolute atomic E-state index is 11.6. The van der Waals surface area contributed by atoms with Crippen LogP contribution >= 0.6 is 0 Å². The van der Waals surface area contributed by atoms with Crippen molar-refractivity contribution in [2.75, 3.05) is 0 Å². The van der Waals surface area contributed by atoms with Gasteiger partial charge >= 0.3 is 5.97 Å². The van der Waals surface area contributed by atoms with E-state index in [9.17, 15) is 14.7 Å². The van der Waals surface area contributed by atoms with Crippen LogP contribution in [0, 0.1) is 0 Å². The van der Waals surface area contributed by atoms with Gasteiger partial charge in [0, 0.05) is 0 Å². The second-order valence-corrected chi connectivity index (χ2v) is 4.84. The highest BCUT2D eigenvalue weighted by atomic mass is 16.5. The van der Waals surface area contributed by atoms with Crippen LogP contribution < -0.4 is 0 Å². The number of nitrogens with zero attached hydrogens (tertiary/aromatic N) is 1. The number of carbonyl (C=O) groups excluding carboxylic acids is 1. The Bertz CT molecular complexity index is 580. The molecule has 2 saturated heterocycles. The average molecular weight is 259 g/mol. The fourth-order valence-electron chi connectivity index (χ4n) is 2.48. The van der Waals surface area contributed by atoms with Gasteiger partial charge in [0.15, 0.2) is 11.8 Å². The number of aliphatic carboxylic acids is 1. The lowest BCUT2D eigenvalue weighted by atomic mass is 9.93. The van der Waals surface area contributed by atoms with Gasteiger partial charge in [-0.2, -0.15) is 0 Å². The van der Waals surface area contributed by atoms with E-state index in [-0.39, 0.29) is 12.3 Å². The molecule has 2 aliphatic rings. The Morgan fingerprint density at radius 1 is 1.47 bits per heavy atom. The molecule has 2 heterocycles. The summed E-state index contributed by atoms with van der Waals surface area (Å²) in [4.78, 5) is 24.4. The van der Waals surface area contributed by atoms with Gasteiger partial charge in [0.05, 0.1) is 6.42 Å². The van der Waals surface area contributed by atoms with Crippen LogP contribution in [-0.4, -0.2) is 33.6 Å². The first kappa shape index (κ1) is 11.8. The Labute approximate surface area is 110 Å². The molecule has 1 aromatic carbocycles. The Balaban J connectivity index is 2.04. The minimum Gasteiger partial charge on any atom is -0.479 e. The molecule has 5 nitrogen and oxygen atoms in total. The van der Waals surface area contributed by atoms with Crippen molar-refractivity contribution >= 4 is 18.0 Å². The highest BCUT2D eigenvalue weighted by Crippen LogP contribution is 2.44. The third-order valence-corrected chi connectivity index (χ3v) is 3.64. The summed E-state index contributed by atoms with van der Waals surface area (Å²) >= 11 is 0. The van der Waals surface area contributed by atoms with Crippen molar-refractivity contribution < 1.29 is 19.4 Å². The molecule has 0 spiro atoms. The summed E-state index contributed by atoms with van der Waals surface area (Å²) in [5.74, 6) is -0.960. The predicted octanol–water partition coefficient (Wildman–Crippen LogP) is 1.46. The number of carbonyl (C=O) groups is 2. The number of benzene rings is 1. The van der Waals surface area contributed by atoms with Gasteiger partial charge in [0.25, 0.3) is 0 Å². The van der Waals surface area contributed by atoms with E-state index >= 15 is 0 Å². The second-order valence-electron chi connectivity index (χ2n) is 4.84. The number of carboxylic acids is 1. The summed E-state index contributed by atoms with van der Waals surface area (Å²) in [6, 6.07) is 9.32. The predicted molar refractivity (Wildman–Crippen MR) is 66.8 cm³/mol. The summed E-state index contributed by atoms with van der Waals surface area (Å²) in [5, 5.41) is 9.45. The molecule has 1 N–H and O–H groups in total. The van der Waals surface area contributed by atoms with Crippen molar-refractivity contribution in [1.82, 2.24) is 4.90 Å². The molecule has 0 aromatic heterocycles. The number of ether oxygens (including phenoxy) is 1. The van der Waals surface area contributed by atoms with Crippen LogP contribution in [0.15, 0.2) is 36.1 Å². The largest absolute Gasteiger partial charge is 0.479 e. The Kier molecular flexibility index (Phi) is 2.38. The molecule has 98 valence electrons. The van der Waals surface area contributed by atoms with E-state index in [0.29, 0.717) is 5.76 Å². The molecule has 0 bridgehead atoms. The molecule has 5 heteroatoms. The molecule has 2 atom stereocenters. The number of β-lactam (4-membered cyclic amide) rings is 1. The molecular formula is C14H13NO4. The zero-order valence-corrected chi connectivity index (χ0v) is 10.4. The van der Waals surface area contributed by atoms with Crippen molar-refractivity contribution in [2.45, 2.75) is 25.1 Å². The molecule has 0 aliphatic carbocycles. The van der Waals surface area contributed by atoms with Gasteiger partial charge < -0.3 is 9.84 Å². The van der Waals surface area contributed by atoms with Gasteiger partial charge in [0.1, 0.15) is 5.76 Å². The van der Waals surface area contributed by atoms with Gasteiger partial charge in [0.2, 0.25) is 5.91 Å². The first-order valence-electron chi connectivity index (χ1n) is 6.03. The highest BCUT2D eigenvalue weighted by Gasteiger charge is 2.62. The van der Waals surface area contributed by atoms with E-state index in [0.717, 1.165) is 5.56 Å². The normalized spacial score (nSPS) is 30.8. The van der Waals surface area contributed by atoms with Gasteiger partial charge in [-0.15, -0.1) is 0 Å². The maximum Gasteiger partial charge on any atom is 0.337 e. The number of carboxylic acid groups (broad SMARTS) is 1.